The molecule has 0 aromatic heterocycles. The van der Waals surface area contributed by atoms with Gasteiger partial charge in [0.25, 0.3) is 5.91 Å². The minimum absolute atomic E-state index is 0.344. The zero-order valence-electron chi connectivity index (χ0n) is 21.0. The molecule has 0 unspecified atom stereocenters. The van der Waals surface area contributed by atoms with Gasteiger partial charge in [0.05, 0.1) is 25.6 Å². The molecular formula is C31H26N2O5. The van der Waals surface area contributed by atoms with E-state index < -0.39 is 23.5 Å². The highest BCUT2D eigenvalue weighted by atomic mass is 16.7. The van der Waals surface area contributed by atoms with E-state index in [9.17, 15) is 9.59 Å². The molecule has 4 aromatic carbocycles. The van der Waals surface area contributed by atoms with Gasteiger partial charge in [-0.15, -0.1) is 0 Å². The molecule has 2 aliphatic heterocycles. The monoisotopic (exact) mass is 506 g/mol. The van der Waals surface area contributed by atoms with Crippen molar-refractivity contribution in [2.45, 2.75) is 17.6 Å². The number of hydroxylamine groups is 1. The van der Waals surface area contributed by atoms with Gasteiger partial charge in [-0.2, -0.15) is 0 Å². The maximum Gasteiger partial charge on any atom is 0.267 e. The summed E-state index contributed by atoms with van der Waals surface area (Å²) in [6.07, 6.45) is -1.08. The number of benzene rings is 4. The number of nitrogens with zero attached hydrogens (tertiary/aromatic N) is 2. The third-order valence-corrected chi connectivity index (χ3v) is 7.32. The van der Waals surface area contributed by atoms with Crippen LogP contribution in [0.4, 0.5) is 11.4 Å². The third kappa shape index (κ3) is 3.47. The molecule has 2 fully saturated rings. The van der Waals surface area contributed by atoms with E-state index in [1.165, 1.54) is 4.90 Å². The van der Waals surface area contributed by atoms with Gasteiger partial charge in [0, 0.05) is 0 Å². The molecule has 3 atom stereocenters. The summed E-state index contributed by atoms with van der Waals surface area (Å²) in [6.45, 7) is 0. The molecule has 2 saturated heterocycles. The molecule has 2 heterocycles. The van der Waals surface area contributed by atoms with Crippen molar-refractivity contribution in [3.8, 4) is 11.5 Å². The van der Waals surface area contributed by atoms with E-state index in [0.717, 1.165) is 11.3 Å². The molecule has 0 bridgehead atoms. The molecule has 4 aromatic rings. The van der Waals surface area contributed by atoms with E-state index in [2.05, 4.69) is 0 Å². The highest BCUT2D eigenvalue weighted by molar-refractivity contribution is 6.28. The molecule has 0 radical (unpaired) electrons. The second kappa shape index (κ2) is 9.36. The highest BCUT2D eigenvalue weighted by Gasteiger charge is 2.72. The summed E-state index contributed by atoms with van der Waals surface area (Å²) < 4.78 is 10.7. The Balaban J connectivity index is 1.58. The standard InChI is InChI=1S/C31H26N2O5/c1-36-25-17-13-21(14-18-25)27-31(22-9-5-3-6-10-22)28(38-33(27)24-11-7-4-8-12-24)29(34)32(30(31)35)23-15-19-26(37-2)20-16-23/h3-20,27-28H,1-2H3/t27-,28-,31-/m0/s1. The molecule has 38 heavy (non-hydrogen) atoms. The number of rotatable bonds is 6. The van der Waals surface area contributed by atoms with Crippen LogP contribution in [-0.4, -0.2) is 32.1 Å². The number of amides is 2. The summed E-state index contributed by atoms with van der Waals surface area (Å²) >= 11 is 0. The van der Waals surface area contributed by atoms with Gasteiger partial charge in [0.1, 0.15) is 23.0 Å². The van der Waals surface area contributed by atoms with Crippen molar-refractivity contribution >= 4 is 23.2 Å². The summed E-state index contributed by atoms with van der Waals surface area (Å²) in [5.74, 6) is 0.565. The van der Waals surface area contributed by atoms with Gasteiger partial charge in [0.15, 0.2) is 6.10 Å². The summed E-state index contributed by atoms with van der Waals surface area (Å²) in [5, 5.41) is 1.71. The van der Waals surface area contributed by atoms with Crippen LogP contribution in [-0.2, 0) is 19.8 Å². The summed E-state index contributed by atoms with van der Waals surface area (Å²) in [6, 6.07) is 32.8. The van der Waals surface area contributed by atoms with E-state index in [1.54, 1.807) is 43.5 Å². The van der Waals surface area contributed by atoms with Gasteiger partial charge in [-0.1, -0.05) is 60.7 Å². The van der Waals surface area contributed by atoms with Crippen molar-refractivity contribution in [2.24, 2.45) is 0 Å². The maximum atomic E-state index is 14.7. The SMILES string of the molecule is COc1ccc([C@@H]2N(c3ccccc3)O[C@H]3C(=O)N(c4ccc(OC)cc4)C(=O)[C@@]23c2ccccc2)cc1. The van der Waals surface area contributed by atoms with Crippen LogP contribution >= 0.6 is 0 Å². The Labute approximate surface area is 220 Å². The number of fused-ring (bicyclic) bond motifs is 1. The number of carbonyl (C=O) groups is 2. The van der Waals surface area contributed by atoms with Crippen molar-refractivity contribution in [2.75, 3.05) is 24.2 Å². The van der Waals surface area contributed by atoms with Gasteiger partial charge >= 0.3 is 0 Å². The lowest BCUT2D eigenvalue weighted by atomic mass is 9.69. The predicted molar refractivity (Wildman–Crippen MR) is 143 cm³/mol. The molecule has 7 nitrogen and oxygen atoms in total. The minimum Gasteiger partial charge on any atom is -0.497 e. The van der Waals surface area contributed by atoms with E-state index in [1.807, 2.05) is 84.9 Å². The smallest absolute Gasteiger partial charge is 0.267 e. The molecule has 0 aliphatic carbocycles. The summed E-state index contributed by atoms with van der Waals surface area (Å²) in [7, 11) is 3.18. The first kappa shape index (κ1) is 23.8. The van der Waals surface area contributed by atoms with Crippen LogP contribution in [0.25, 0.3) is 0 Å². The van der Waals surface area contributed by atoms with E-state index in [0.29, 0.717) is 22.7 Å². The minimum atomic E-state index is -1.34. The lowest BCUT2D eigenvalue weighted by molar-refractivity contribution is -0.126. The van der Waals surface area contributed by atoms with Crippen LogP contribution in [0, 0.1) is 0 Å². The summed E-state index contributed by atoms with van der Waals surface area (Å²) in [4.78, 5) is 36.5. The Hall–Kier alpha value is -4.62. The van der Waals surface area contributed by atoms with E-state index >= 15 is 0 Å². The third-order valence-electron chi connectivity index (χ3n) is 7.32. The first-order chi connectivity index (χ1) is 18.6. The molecule has 2 aliphatic rings. The predicted octanol–water partition coefficient (Wildman–Crippen LogP) is 5.08. The average molecular weight is 507 g/mol. The lowest BCUT2D eigenvalue weighted by Crippen LogP contribution is -2.46. The Bertz CT molecular complexity index is 1460. The van der Waals surface area contributed by atoms with Gasteiger partial charge < -0.3 is 9.47 Å². The lowest BCUT2D eigenvalue weighted by Gasteiger charge is -2.35. The fourth-order valence-electron chi connectivity index (χ4n) is 5.55. The van der Waals surface area contributed by atoms with Crippen molar-refractivity contribution in [3.05, 3.63) is 120 Å². The Morgan fingerprint density at radius 3 is 1.82 bits per heavy atom. The fourth-order valence-corrected chi connectivity index (χ4v) is 5.55. The fraction of sp³-hybridized carbons (Fsp3) is 0.161. The van der Waals surface area contributed by atoms with Gasteiger partial charge in [-0.3, -0.25) is 14.4 Å². The normalized spacial score (nSPS) is 22.5. The topological polar surface area (TPSA) is 68.3 Å². The van der Waals surface area contributed by atoms with E-state index in [4.69, 9.17) is 14.3 Å². The van der Waals surface area contributed by atoms with Crippen LogP contribution in [0.15, 0.2) is 109 Å². The molecule has 6 rings (SSSR count). The second-order valence-corrected chi connectivity index (χ2v) is 9.23. The van der Waals surface area contributed by atoms with Gasteiger partial charge in [-0.25, -0.2) is 9.96 Å². The summed E-state index contributed by atoms with van der Waals surface area (Å²) in [5.41, 5.74) is 1.39. The maximum absolute atomic E-state index is 14.7. The quantitative estimate of drug-likeness (QED) is 0.340. The van der Waals surface area contributed by atoms with Crippen molar-refractivity contribution < 1.29 is 23.9 Å². The molecular weight excluding hydrogens is 480 g/mol. The number of carbonyl (C=O) groups excluding carboxylic acids is 2. The molecule has 190 valence electrons. The molecule has 0 N–H and O–H groups in total. The number of anilines is 2. The number of methoxy groups -OCH3 is 2. The second-order valence-electron chi connectivity index (χ2n) is 9.23. The largest absolute Gasteiger partial charge is 0.497 e. The van der Waals surface area contributed by atoms with Crippen molar-refractivity contribution in [1.29, 1.82) is 0 Å². The van der Waals surface area contributed by atoms with Crippen LogP contribution < -0.4 is 19.4 Å². The van der Waals surface area contributed by atoms with Crippen LogP contribution in [0.3, 0.4) is 0 Å². The highest BCUT2D eigenvalue weighted by Crippen LogP contribution is 2.57. The first-order valence-corrected chi connectivity index (χ1v) is 12.3. The Kier molecular flexibility index (Phi) is 5.85. The number of para-hydroxylation sites is 1. The Morgan fingerprint density at radius 1 is 0.684 bits per heavy atom. The number of imide groups is 1. The first-order valence-electron chi connectivity index (χ1n) is 12.3. The van der Waals surface area contributed by atoms with Gasteiger partial charge in [-0.05, 0) is 59.7 Å². The van der Waals surface area contributed by atoms with Crippen molar-refractivity contribution in [1.82, 2.24) is 0 Å². The number of ether oxygens (including phenoxy) is 2. The average Bonchev–Trinajstić information content (AvgIpc) is 3.45. The molecule has 0 spiro atoms. The molecule has 7 heteroatoms. The number of hydrogen-bond acceptors (Lipinski definition) is 6. The zero-order valence-corrected chi connectivity index (χ0v) is 21.0. The molecule has 0 saturated carbocycles. The zero-order chi connectivity index (χ0) is 26.3. The van der Waals surface area contributed by atoms with Gasteiger partial charge in [0.2, 0.25) is 5.91 Å². The van der Waals surface area contributed by atoms with E-state index in [-0.39, 0.29) is 5.91 Å². The Morgan fingerprint density at radius 2 is 1.24 bits per heavy atom. The van der Waals surface area contributed by atoms with Crippen LogP contribution in [0.1, 0.15) is 17.2 Å². The van der Waals surface area contributed by atoms with Crippen LogP contribution in [0.2, 0.25) is 0 Å². The number of hydrogen-bond donors (Lipinski definition) is 0. The van der Waals surface area contributed by atoms with Crippen LogP contribution in [0.5, 0.6) is 11.5 Å². The molecule has 2 amide bonds. The van der Waals surface area contributed by atoms with Crippen molar-refractivity contribution in [3.63, 3.8) is 0 Å².